The first-order chi connectivity index (χ1) is 9.96. The van der Waals surface area contributed by atoms with Crippen LogP contribution in [0.1, 0.15) is 24.2 Å². The zero-order valence-corrected chi connectivity index (χ0v) is 13.1. The number of morpholine rings is 1. The molecule has 1 atom stereocenters. The first-order valence-electron chi connectivity index (χ1n) is 7.06. The molecule has 1 aromatic rings. The van der Waals surface area contributed by atoms with Crippen molar-refractivity contribution in [2.24, 2.45) is 0 Å². The van der Waals surface area contributed by atoms with Gasteiger partial charge in [-0.15, -0.1) is 0 Å². The van der Waals surface area contributed by atoms with E-state index in [1.54, 1.807) is 26.4 Å². The highest BCUT2D eigenvalue weighted by atomic mass is 16.5. The first-order valence-corrected chi connectivity index (χ1v) is 7.06. The van der Waals surface area contributed by atoms with E-state index in [0.717, 1.165) is 0 Å². The quantitative estimate of drug-likeness (QED) is 0.851. The largest absolute Gasteiger partial charge is 0.496 e. The summed E-state index contributed by atoms with van der Waals surface area (Å²) in [7, 11) is 3.21. The maximum atomic E-state index is 12.8. The Morgan fingerprint density at radius 2 is 2.10 bits per heavy atom. The number of ether oxygens (including phenoxy) is 3. The molecule has 0 aliphatic carbocycles. The highest BCUT2D eigenvalue weighted by molar-refractivity contribution is 5.97. The van der Waals surface area contributed by atoms with Crippen LogP contribution in [-0.2, 0) is 9.47 Å². The number of carbonyl (C=O) groups is 1. The van der Waals surface area contributed by atoms with E-state index in [1.165, 1.54) is 0 Å². The Balaban J connectivity index is 2.21. The molecular formula is C16H23NO4. The number of amides is 1. The van der Waals surface area contributed by atoms with E-state index in [0.29, 0.717) is 31.0 Å². The second-order valence-corrected chi connectivity index (χ2v) is 5.84. The maximum absolute atomic E-state index is 12.8. The van der Waals surface area contributed by atoms with E-state index >= 15 is 0 Å². The highest BCUT2D eigenvalue weighted by Crippen LogP contribution is 2.25. The maximum Gasteiger partial charge on any atom is 0.257 e. The van der Waals surface area contributed by atoms with Crippen molar-refractivity contribution < 1.29 is 19.0 Å². The molecule has 2 rings (SSSR count). The Hall–Kier alpha value is -1.59. The Bertz CT molecular complexity index is 501. The fourth-order valence-electron chi connectivity index (χ4n) is 2.71. The SMILES string of the molecule is COC[C@@H]1CN(C(=O)c2ccccc2OC)CC(C)(C)O1. The van der Waals surface area contributed by atoms with Crippen LogP contribution in [-0.4, -0.2) is 56.4 Å². The number of benzene rings is 1. The smallest absolute Gasteiger partial charge is 0.257 e. The average Bonchev–Trinajstić information content (AvgIpc) is 2.45. The van der Waals surface area contributed by atoms with Gasteiger partial charge < -0.3 is 19.1 Å². The number of nitrogens with zero attached hydrogens (tertiary/aromatic N) is 1. The first kappa shape index (κ1) is 15.8. The summed E-state index contributed by atoms with van der Waals surface area (Å²) in [6.45, 7) is 5.51. The summed E-state index contributed by atoms with van der Waals surface area (Å²) in [4.78, 5) is 14.6. The van der Waals surface area contributed by atoms with Crippen LogP contribution in [0.2, 0.25) is 0 Å². The molecule has 0 radical (unpaired) electrons. The van der Waals surface area contributed by atoms with Gasteiger partial charge in [-0.2, -0.15) is 0 Å². The van der Waals surface area contributed by atoms with Gasteiger partial charge in [-0.25, -0.2) is 0 Å². The Morgan fingerprint density at radius 3 is 2.76 bits per heavy atom. The van der Waals surface area contributed by atoms with Crippen molar-refractivity contribution in [1.82, 2.24) is 4.90 Å². The van der Waals surface area contributed by atoms with Gasteiger partial charge in [0, 0.05) is 20.2 Å². The van der Waals surface area contributed by atoms with Crippen molar-refractivity contribution in [2.75, 3.05) is 33.9 Å². The van der Waals surface area contributed by atoms with Gasteiger partial charge in [-0.3, -0.25) is 4.79 Å². The van der Waals surface area contributed by atoms with Crippen LogP contribution in [0.25, 0.3) is 0 Å². The lowest BCUT2D eigenvalue weighted by Crippen LogP contribution is -2.55. The van der Waals surface area contributed by atoms with E-state index in [2.05, 4.69) is 0 Å². The van der Waals surface area contributed by atoms with E-state index in [9.17, 15) is 4.79 Å². The van der Waals surface area contributed by atoms with Crippen LogP contribution in [0.5, 0.6) is 5.75 Å². The number of rotatable bonds is 4. The molecule has 1 aromatic carbocycles. The lowest BCUT2D eigenvalue weighted by Gasteiger charge is -2.42. The van der Waals surface area contributed by atoms with E-state index in [1.807, 2.05) is 30.9 Å². The molecule has 1 heterocycles. The van der Waals surface area contributed by atoms with Crippen molar-refractivity contribution >= 4 is 5.91 Å². The summed E-state index contributed by atoms with van der Waals surface area (Å²) in [6, 6.07) is 7.28. The number of hydrogen-bond acceptors (Lipinski definition) is 4. The van der Waals surface area contributed by atoms with Gasteiger partial charge >= 0.3 is 0 Å². The molecule has 0 aromatic heterocycles. The van der Waals surface area contributed by atoms with Gasteiger partial charge in [-0.05, 0) is 26.0 Å². The van der Waals surface area contributed by atoms with Gasteiger partial charge in [0.1, 0.15) is 5.75 Å². The number of carbonyl (C=O) groups excluding carboxylic acids is 1. The minimum absolute atomic E-state index is 0.0371. The molecule has 1 fully saturated rings. The summed E-state index contributed by atoms with van der Waals surface area (Å²) < 4.78 is 16.4. The standard InChI is InChI=1S/C16H23NO4/c1-16(2)11-17(9-12(21-16)10-19-3)15(18)13-7-5-6-8-14(13)20-4/h5-8,12H,9-11H2,1-4H3/t12-/m0/s1. The van der Waals surface area contributed by atoms with Gasteiger partial charge in [-0.1, -0.05) is 12.1 Å². The number of hydrogen-bond donors (Lipinski definition) is 0. The Morgan fingerprint density at radius 1 is 1.38 bits per heavy atom. The van der Waals surface area contributed by atoms with Crippen LogP contribution >= 0.6 is 0 Å². The van der Waals surface area contributed by atoms with Crippen molar-refractivity contribution in [1.29, 1.82) is 0 Å². The second kappa shape index (κ2) is 6.45. The van der Waals surface area contributed by atoms with Gasteiger partial charge in [0.25, 0.3) is 5.91 Å². The molecule has 0 spiro atoms. The predicted octanol–water partition coefficient (Wildman–Crippen LogP) is 1.96. The zero-order valence-electron chi connectivity index (χ0n) is 13.1. The van der Waals surface area contributed by atoms with Crippen molar-refractivity contribution in [3.8, 4) is 5.75 Å². The molecule has 1 amide bonds. The lowest BCUT2D eigenvalue weighted by atomic mass is 10.0. The molecule has 0 unspecified atom stereocenters. The molecule has 0 N–H and O–H groups in total. The number of para-hydroxylation sites is 1. The van der Waals surface area contributed by atoms with Crippen molar-refractivity contribution in [3.05, 3.63) is 29.8 Å². The summed E-state index contributed by atoms with van der Waals surface area (Å²) in [6.07, 6.45) is -0.114. The third-order valence-corrected chi connectivity index (χ3v) is 3.46. The molecule has 1 aliphatic heterocycles. The highest BCUT2D eigenvalue weighted by Gasteiger charge is 2.36. The molecule has 0 saturated carbocycles. The van der Waals surface area contributed by atoms with Gasteiger partial charge in [0.15, 0.2) is 0 Å². The summed E-state index contributed by atoms with van der Waals surface area (Å²) in [5.41, 5.74) is 0.188. The van der Waals surface area contributed by atoms with Crippen LogP contribution in [0, 0.1) is 0 Å². The fourth-order valence-corrected chi connectivity index (χ4v) is 2.71. The Labute approximate surface area is 125 Å². The average molecular weight is 293 g/mol. The second-order valence-electron chi connectivity index (χ2n) is 5.84. The molecule has 0 bridgehead atoms. The molecule has 1 saturated heterocycles. The zero-order chi connectivity index (χ0) is 15.5. The molecule has 5 nitrogen and oxygen atoms in total. The topological polar surface area (TPSA) is 48.0 Å². The van der Waals surface area contributed by atoms with Crippen molar-refractivity contribution in [3.63, 3.8) is 0 Å². The summed E-state index contributed by atoms with van der Waals surface area (Å²) in [5.74, 6) is 0.556. The molecular weight excluding hydrogens is 270 g/mol. The third-order valence-electron chi connectivity index (χ3n) is 3.46. The summed E-state index contributed by atoms with van der Waals surface area (Å²) in [5, 5.41) is 0. The van der Waals surface area contributed by atoms with Crippen molar-refractivity contribution in [2.45, 2.75) is 25.6 Å². The molecule has 21 heavy (non-hydrogen) atoms. The number of methoxy groups -OCH3 is 2. The van der Waals surface area contributed by atoms with E-state index in [-0.39, 0.29) is 17.6 Å². The Kier molecular flexibility index (Phi) is 4.85. The summed E-state index contributed by atoms with van der Waals surface area (Å²) >= 11 is 0. The monoisotopic (exact) mass is 293 g/mol. The molecule has 1 aliphatic rings. The minimum atomic E-state index is -0.390. The predicted molar refractivity (Wildman–Crippen MR) is 79.7 cm³/mol. The molecule has 5 heteroatoms. The van der Waals surface area contributed by atoms with E-state index in [4.69, 9.17) is 14.2 Å². The van der Waals surface area contributed by atoms with Crippen LogP contribution in [0.15, 0.2) is 24.3 Å². The normalized spacial score (nSPS) is 21.1. The van der Waals surface area contributed by atoms with Crippen LogP contribution < -0.4 is 4.74 Å². The fraction of sp³-hybridized carbons (Fsp3) is 0.562. The lowest BCUT2D eigenvalue weighted by molar-refractivity contribution is -0.143. The van der Waals surface area contributed by atoms with Crippen LogP contribution in [0.3, 0.4) is 0 Å². The minimum Gasteiger partial charge on any atom is -0.496 e. The van der Waals surface area contributed by atoms with Gasteiger partial charge in [0.2, 0.25) is 0 Å². The van der Waals surface area contributed by atoms with E-state index < -0.39 is 0 Å². The van der Waals surface area contributed by atoms with Crippen LogP contribution in [0.4, 0.5) is 0 Å². The molecule has 116 valence electrons. The van der Waals surface area contributed by atoms with Gasteiger partial charge in [0.05, 0.1) is 31.0 Å². The third kappa shape index (κ3) is 3.74.